The van der Waals surface area contributed by atoms with Crippen molar-refractivity contribution in [3.05, 3.63) is 52.1 Å². The first-order valence-electron chi connectivity index (χ1n) is 11.5. The summed E-state index contributed by atoms with van der Waals surface area (Å²) < 4.78 is 0. The smallest absolute Gasteiger partial charge is 0.326 e. The largest absolute Gasteiger partial charge is 0.481 e. The molecule has 0 saturated carbocycles. The number of H-pyrrole nitrogens is 1. The minimum Gasteiger partial charge on any atom is -0.481 e. The predicted molar refractivity (Wildman–Crippen MR) is 134 cm³/mol. The van der Waals surface area contributed by atoms with Crippen LogP contribution in [0, 0.1) is 0 Å². The van der Waals surface area contributed by atoms with E-state index in [1.165, 1.54) is 18.3 Å². The summed E-state index contributed by atoms with van der Waals surface area (Å²) in [6, 6.07) is 4.92. The van der Waals surface area contributed by atoms with Gasteiger partial charge in [0.1, 0.15) is 6.04 Å². The molecule has 0 radical (unpaired) electrons. The number of benzene rings is 1. The predicted octanol–water partition coefficient (Wildman–Crippen LogP) is -0.148. The molecule has 0 aliphatic heterocycles. The number of hydrogen-bond acceptors (Lipinski definition) is 10. The molecule has 1 unspecified atom stereocenters. The van der Waals surface area contributed by atoms with Crippen LogP contribution in [0.5, 0.6) is 0 Å². The Hall–Kier alpha value is -5.08. The lowest BCUT2D eigenvalue weighted by Crippen LogP contribution is -2.41. The molecule has 1 aromatic carbocycles. The topological polar surface area (TPSA) is 242 Å². The van der Waals surface area contributed by atoms with E-state index >= 15 is 0 Å². The van der Waals surface area contributed by atoms with Gasteiger partial charge >= 0.3 is 11.9 Å². The molecule has 0 aliphatic rings. The zero-order valence-corrected chi connectivity index (χ0v) is 20.1. The number of carbonyl (C=O) groups is 4. The Balaban J connectivity index is 1.51. The number of carbonyl (C=O) groups excluding carboxylic acids is 2. The van der Waals surface area contributed by atoms with Crippen molar-refractivity contribution in [1.29, 1.82) is 0 Å². The summed E-state index contributed by atoms with van der Waals surface area (Å²) >= 11 is 0. The van der Waals surface area contributed by atoms with Crippen LogP contribution in [0.2, 0.25) is 0 Å². The number of aliphatic carboxylic acids is 2. The zero-order valence-electron chi connectivity index (χ0n) is 20.1. The fourth-order valence-corrected chi connectivity index (χ4v) is 3.32. The van der Waals surface area contributed by atoms with Crippen LogP contribution >= 0.6 is 0 Å². The molecule has 0 aliphatic carbocycles. The standard InChI is InChI=1S/C23H26N8O7/c24-23-30-19-18(21(36)31-23)28-14(11-27-19)10-26-13-5-3-12(4-6-13)20(35)29-15(22(37)38)7-8-16(32)25-9-1-2-17(33)34/h3-6,11,15,26H,1-2,7-10H2,(H,25,32)(H,29,35)(H,33,34)(H,37,38)(H3,24,27,30,31,36). The number of nitrogens with zero attached hydrogens (tertiary/aromatic N) is 3. The summed E-state index contributed by atoms with van der Waals surface area (Å²) in [5.41, 5.74) is 6.46. The molecule has 8 N–H and O–H groups in total. The minimum absolute atomic E-state index is 0.0502. The first-order chi connectivity index (χ1) is 18.1. The number of nitrogens with two attached hydrogens (primary N) is 1. The number of amides is 2. The van der Waals surface area contributed by atoms with Gasteiger partial charge in [0, 0.05) is 30.6 Å². The number of anilines is 2. The van der Waals surface area contributed by atoms with E-state index in [-0.39, 0.29) is 61.4 Å². The van der Waals surface area contributed by atoms with Gasteiger partial charge in [-0.15, -0.1) is 0 Å². The van der Waals surface area contributed by atoms with E-state index in [2.05, 4.69) is 35.9 Å². The highest BCUT2D eigenvalue weighted by Crippen LogP contribution is 2.12. The van der Waals surface area contributed by atoms with Crippen LogP contribution in [0.25, 0.3) is 11.2 Å². The van der Waals surface area contributed by atoms with E-state index in [0.717, 1.165) is 0 Å². The van der Waals surface area contributed by atoms with E-state index in [0.29, 0.717) is 11.4 Å². The number of aromatic amines is 1. The molecule has 2 amide bonds. The summed E-state index contributed by atoms with van der Waals surface area (Å²) in [7, 11) is 0. The van der Waals surface area contributed by atoms with Crippen LogP contribution < -0.4 is 27.2 Å². The Kier molecular flexibility index (Phi) is 9.23. The number of carboxylic acids is 2. The van der Waals surface area contributed by atoms with E-state index in [9.17, 15) is 29.1 Å². The lowest BCUT2D eigenvalue weighted by molar-refractivity contribution is -0.140. The van der Waals surface area contributed by atoms with Crippen molar-refractivity contribution in [3.8, 4) is 0 Å². The lowest BCUT2D eigenvalue weighted by Gasteiger charge is -2.15. The third-order valence-electron chi connectivity index (χ3n) is 5.26. The monoisotopic (exact) mass is 526 g/mol. The molecule has 0 fully saturated rings. The Labute approximate surface area is 214 Å². The van der Waals surface area contributed by atoms with Crippen molar-refractivity contribution in [3.63, 3.8) is 0 Å². The SMILES string of the molecule is Nc1nc2ncc(CNc3ccc(C(=O)NC(CCC(=O)NCCCC(=O)O)C(=O)O)cc3)nc2c(=O)[nH]1. The van der Waals surface area contributed by atoms with Crippen LogP contribution in [0.3, 0.4) is 0 Å². The van der Waals surface area contributed by atoms with Crippen molar-refractivity contribution in [2.24, 2.45) is 0 Å². The number of rotatable bonds is 13. The molecule has 0 spiro atoms. The summed E-state index contributed by atoms with van der Waals surface area (Å²) in [5.74, 6) is -3.39. The first-order valence-corrected chi connectivity index (χ1v) is 11.5. The Bertz CT molecular complexity index is 1390. The molecular weight excluding hydrogens is 500 g/mol. The maximum Gasteiger partial charge on any atom is 0.326 e. The molecule has 2 heterocycles. The molecule has 0 saturated heterocycles. The molecule has 2 aromatic heterocycles. The molecule has 15 nitrogen and oxygen atoms in total. The van der Waals surface area contributed by atoms with Gasteiger partial charge in [-0.05, 0) is 37.1 Å². The normalized spacial score (nSPS) is 11.5. The number of hydrogen-bond donors (Lipinski definition) is 7. The maximum atomic E-state index is 12.5. The minimum atomic E-state index is -1.29. The van der Waals surface area contributed by atoms with E-state index in [1.54, 1.807) is 12.1 Å². The van der Waals surface area contributed by atoms with Gasteiger partial charge in [0.05, 0.1) is 18.4 Å². The molecule has 3 aromatic rings. The highest BCUT2D eigenvalue weighted by Gasteiger charge is 2.21. The van der Waals surface area contributed by atoms with Gasteiger partial charge in [0.25, 0.3) is 11.5 Å². The molecule has 38 heavy (non-hydrogen) atoms. The molecular formula is C23H26N8O7. The molecule has 0 bridgehead atoms. The zero-order chi connectivity index (χ0) is 27.7. The summed E-state index contributed by atoms with van der Waals surface area (Å²) in [5, 5.41) is 26.0. The van der Waals surface area contributed by atoms with Crippen molar-refractivity contribution in [2.45, 2.75) is 38.3 Å². The highest BCUT2D eigenvalue weighted by atomic mass is 16.4. The van der Waals surface area contributed by atoms with Crippen LogP contribution in [-0.4, -0.2) is 66.5 Å². The second-order valence-corrected chi connectivity index (χ2v) is 8.17. The fraction of sp³-hybridized carbons (Fsp3) is 0.304. The Morgan fingerprint density at radius 1 is 1.05 bits per heavy atom. The van der Waals surface area contributed by atoms with Gasteiger partial charge < -0.3 is 31.9 Å². The van der Waals surface area contributed by atoms with Crippen molar-refractivity contribution < 1.29 is 29.4 Å². The maximum absolute atomic E-state index is 12.5. The van der Waals surface area contributed by atoms with Crippen molar-refractivity contribution in [2.75, 3.05) is 17.6 Å². The van der Waals surface area contributed by atoms with E-state index in [1.807, 2.05) is 0 Å². The van der Waals surface area contributed by atoms with Gasteiger partial charge in [0.15, 0.2) is 11.2 Å². The summed E-state index contributed by atoms with van der Waals surface area (Å²) in [6.45, 7) is 0.380. The number of nitrogen functional groups attached to an aromatic ring is 1. The first kappa shape index (κ1) is 27.5. The summed E-state index contributed by atoms with van der Waals surface area (Å²) in [6.07, 6.45) is 1.33. The van der Waals surface area contributed by atoms with Gasteiger partial charge in [0.2, 0.25) is 11.9 Å². The van der Waals surface area contributed by atoms with Crippen LogP contribution in [0.15, 0.2) is 35.3 Å². The number of nitrogens with one attached hydrogen (secondary N) is 4. The quantitative estimate of drug-likeness (QED) is 0.144. The molecule has 3 rings (SSSR count). The highest BCUT2D eigenvalue weighted by molar-refractivity contribution is 5.97. The van der Waals surface area contributed by atoms with E-state index < -0.39 is 35.4 Å². The number of fused-ring (bicyclic) bond motifs is 1. The van der Waals surface area contributed by atoms with Crippen LogP contribution in [0.1, 0.15) is 41.7 Å². The van der Waals surface area contributed by atoms with Gasteiger partial charge in [-0.25, -0.2) is 14.8 Å². The third-order valence-corrected chi connectivity index (χ3v) is 5.26. The lowest BCUT2D eigenvalue weighted by atomic mass is 10.1. The number of aromatic nitrogens is 4. The number of carboxylic acid groups (broad SMARTS) is 2. The third kappa shape index (κ3) is 7.97. The van der Waals surface area contributed by atoms with E-state index in [4.69, 9.17) is 10.8 Å². The van der Waals surface area contributed by atoms with Gasteiger partial charge in [-0.2, -0.15) is 4.98 Å². The van der Waals surface area contributed by atoms with Crippen molar-refractivity contribution >= 4 is 46.6 Å². The second kappa shape index (κ2) is 12.8. The fourth-order valence-electron chi connectivity index (χ4n) is 3.32. The van der Waals surface area contributed by atoms with Gasteiger partial charge in [-0.1, -0.05) is 0 Å². The average Bonchev–Trinajstić information content (AvgIpc) is 2.87. The Morgan fingerprint density at radius 3 is 2.47 bits per heavy atom. The summed E-state index contributed by atoms with van der Waals surface area (Å²) in [4.78, 5) is 73.0. The van der Waals surface area contributed by atoms with Crippen molar-refractivity contribution in [1.82, 2.24) is 30.6 Å². The van der Waals surface area contributed by atoms with Gasteiger partial charge in [-0.3, -0.25) is 24.2 Å². The molecule has 1 atom stereocenters. The molecule has 200 valence electrons. The average molecular weight is 527 g/mol. The van der Waals surface area contributed by atoms with Crippen LogP contribution in [-0.2, 0) is 20.9 Å². The van der Waals surface area contributed by atoms with Crippen LogP contribution in [0.4, 0.5) is 11.6 Å². The Morgan fingerprint density at radius 2 is 1.79 bits per heavy atom. The second-order valence-electron chi connectivity index (χ2n) is 8.17. The molecule has 15 heteroatoms.